The first kappa shape index (κ1) is 25.0. The first-order valence-corrected chi connectivity index (χ1v) is 13.1. The third-order valence-electron chi connectivity index (χ3n) is 4.90. The van der Waals surface area contributed by atoms with Gasteiger partial charge in [-0.3, -0.25) is 9.13 Å². The maximum absolute atomic E-state index is 12.2. The SMILES string of the molecule is O=P(O)(O)C(CCCc1ccc(Oc2ccccc2)cc1)(Oc1ccc(O)cc1)P(=O)(O)O. The second-order valence-electron chi connectivity index (χ2n) is 7.34. The predicted molar refractivity (Wildman–Crippen MR) is 121 cm³/mol. The first-order valence-electron chi connectivity index (χ1n) is 9.91. The molecule has 0 aliphatic heterocycles. The van der Waals surface area contributed by atoms with Crippen LogP contribution in [0.1, 0.15) is 18.4 Å². The van der Waals surface area contributed by atoms with E-state index in [9.17, 15) is 33.8 Å². The monoisotopic (exact) mass is 494 g/mol. The summed E-state index contributed by atoms with van der Waals surface area (Å²) in [6.07, 6.45) is -0.301. The van der Waals surface area contributed by atoms with E-state index in [4.69, 9.17) is 9.47 Å². The van der Waals surface area contributed by atoms with Gasteiger partial charge in [-0.1, -0.05) is 30.3 Å². The standard InChI is InChI=1S/C22H24O9P2/c23-18-10-14-21(15-11-18)31-22(32(24,25)26,33(27,28)29)16-4-5-17-8-12-20(13-9-17)30-19-6-2-1-3-7-19/h1-3,6-15,23H,4-5,16H2,(H2,24,25,26)(H2,27,28,29). The molecule has 3 aromatic rings. The summed E-state index contributed by atoms with van der Waals surface area (Å²) in [5.41, 5.74) is 0.783. The summed E-state index contributed by atoms with van der Waals surface area (Å²) in [6, 6.07) is 20.9. The smallest absolute Gasteiger partial charge is 0.381 e. The van der Waals surface area contributed by atoms with Gasteiger partial charge < -0.3 is 34.2 Å². The first-order chi connectivity index (χ1) is 15.5. The number of aromatic hydroxyl groups is 1. The molecular weight excluding hydrogens is 470 g/mol. The Morgan fingerprint density at radius 3 is 1.76 bits per heavy atom. The lowest BCUT2D eigenvalue weighted by Crippen LogP contribution is -2.36. The molecule has 5 N–H and O–H groups in total. The number of hydrogen-bond donors (Lipinski definition) is 5. The Morgan fingerprint density at radius 2 is 1.21 bits per heavy atom. The van der Waals surface area contributed by atoms with Gasteiger partial charge in [0.15, 0.2) is 0 Å². The van der Waals surface area contributed by atoms with Crippen molar-refractivity contribution in [3.8, 4) is 23.0 Å². The summed E-state index contributed by atoms with van der Waals surface area (Å²) >= 11 is 0. The molecule has 3 aromatic carbocycles. The van der Waals surface area contributed by atoms with E-state index in [-0.39, 0.29) is 24.3 Å². The zero-order valence-corrected chi connectivity index (χ0v) is 19.2. The van der Waals surface area contributed by atoms with Crippen LogP contribution in [0.15, 0.2) is 78.9 Å². The van der Waals surface area contributed by atoms with E-state index in [0.29, 0.717) is 11.5 Å². The highest BCUT2D eigenvalue weighted by Gasteiger charge is 2.62. The molecule has 33 heavy (non-hydrogen) atoms. The van der Waals surface area contributed by atoms with Crippen LogP contribution in [0.2, 0.25) is 0 Å². The van der Waals surface area contributed by atoms with Gasteiger partial charge in [-0.05, 0) is 66.9 Å². The zero-order chi connectivity index (χ0) is 24.1. The maximum atomic E-state index is 12.2. The summed E-state index contributed by atoms with van der Waals surface area (Å²) < 4.78 is 35.5. The molecule has 0 fully saturated rings. The van der Waals surface area contributed by atoms with E-state index < -0.39 is 26.7 Å². The molecular formula is C22H24O9P2. The van der Waals surface area contributed by atoms with Gasteiger partial charge in [0.05, 0.1) is 0 Å². The van der Waals surface area contributed by atoms with E-state index in [2.05, 4.69) is 0 Å². The van der Waals surface area contributed by atoms with Crippen molar-refractivity contribution in [2.24, 2.45) is 0 Å². The van der Waals surface area contributed by atoms with Crippen molar-refractivity contribution in [1.82, 2.24) is 0 Å². The Hall–Kier alpha value is -2.64. The number of rotatable bonds is 10. The van der Waals surface area contributed by atoms with Gasteiger partial charge in [0, 0.05) is 6.42 Å². The van der Waals surface area contributed by atoms with Crippen molar-refractivity contribution >= 4 is 15.2 Å². The molecule has 0 heterocycles. The molecule has 0 radical (unpaired) electrons. The fourth-order valence-electron chi connectivity index (χ4n) is 3.21. The third kappa shape index (κ3) is 6.24. The van der Waals surface area contributed by atoms with Gasteiger partial charge in [0.2, 0.25) is 0 Å². The lowest BCUT2D eigenvalue weighted by atomic mass is 10.1. The highest BCUT2D eigenvalue weighted by Crippen LogP contribution is 2.71. The molecule has 0 amide bonds. The minimum atomic E-state index is -5.44. The number of hydrogen-bond acceptors (Lipinski definition) is 5. The topological polar surface area (TPSA) is 154 Å². The van der Waals surface area contributed by atoms with E-state index in [1.165, 1.54) is 24.3 Å². The van der Waals surface area contributed by atoms with Gasteiger partial charge in [0.1, 0.15) is 23.0 Å². The molecule has 0 aliphatic rings. The van der Waals surface area contributed by atoms with Gasteiger partial charge in [0.25, 0.3) is 0 Å². The van der Waals surface area contributed by atoms with E-state index in [1.807, 2.05) is 30.3 Å². The molecule has 0 unspecified atom stereocenters. The zero-order valence-electron chi connectivity index (χ0n) is 17.4. The predicted octanol–water partition coefficient (Wildman–Crippen LogP) is 4.60. The number of ether oxygens (including phenoxy) is 2. The van der Waals surface area contributed by atoms with Crippen molar-refractivity contribution in [3.05, 3.63) is 84.4 Å². The second-order valence-corrected chi connectivity index (χ2v) is 11.3. The van der Waals surface area contributed by atoms with Crippen molar-refractivity contribution in [2.75, 3.05) is 0 Å². The number of para-hydroxylation sites is 1. The Morgan fingerprint density at radius 1 is 0.697 bits per heavy atom. The summed E-state index contributed by atoms with van der Waals surface area (Å²) in [7, 11) is -10.9. The Balaban J connectivity index is 1.73. The molecule has 9 nitrogen and oxygen atoms in total. The van der Waals surface area contributed by atoms with Crippen LogP contribution in [0.4, 0.5) is 0 Å². The lowest BCUT2D eigenvalue weighted by molar-refractivity contribution is 0.142. The van der Waals surface area contributed by atoms with E-state index >= 15 is 0 Å². The minimum Gasteiger partial charge on any atom is -0.508 e. The number of phenolic OH excluding ortho intramolecular Hbond substituents is 1. The second kappa shape index (κ2) is 10.1. The van der Waals surface area contributed by atoms with Crippen LogP contribution in [0.25, 0.3) is 0 Å². The van der Waals surface area contributed by atoms with Gasteiger partial charge in [-0.2, -0.15) is 0 Å². The quantitative estimate of drug-likeness (QED) is 0.255. The third-order valence-corrected chi connectivity index (χ3v) is 8.91. The highest BCUT2D eigenvalue weighted by molar-refractivity contribution is 7.72. The summed E-state index contributed by atoms with van der Waals surface area (Å²) in [5.74, 6) is 0.937. The number of aryl methyl sites for hydroxylation is 1. The Kier molecular flexibility index (Phi) is 7.65. The molecule has 0 atom stereocenters. The van der Waals surface area contributed by atoms with Crippen LogP contribution < -0.4 is 9.47 Å². The fraction of sp³-hybridized carbons (Fsp3) is 0.182. The van der Waals surface area contributed by atoms with Crippen LogP contribution in [0, 0.1) is 0 Å². The normalized spacial score (nSPS) is 12.4. The summed E-state index contributed by atoms with van der Waals surface area (Å²) in [4.78, 5) is 39.5. The number of benzene rings is 3. The average molecular weight is 494 g/mol. The Labute approximate surface area is 190 Å². The fourth-order valence-corrected chi connectivity index (χ4v) is 5.91. The van der Waals surface area contributed by atoms with Crippen LogP contribution in [-0.4, -0.2) is 29.8 Å². The molecule has 0 bridgehead atoms. The highest BCUT2D eigenvalue weighted by atomic mass is 31.2. The van der Waals surface area contributed by atoms with Crippen LogP contribution >= 0.6 is 15.2 Å². The molecule has 11 heteroatoms. The van der Waals surface area contributed by atoms with Gasteiger partial charge >= 0.3 is 20.3 Å². The molecule has 0 saturated heterocycles. The van der Waals surface area contributed by atoms with E-state index in [1.54, 1.807) is 24.3 Å². The summed E-state index contributed by atoms with van der Waals surface area (Å²) in [5, 5.41) is 6.32. The van der Waals surface area contributed by atoms with Crippen LogP contribution in [0.3, 0.4) is 0 Å². The molecule has 0 aliphatic carbocycles. The molecule has 0 spiro atoms. The van der Waals surface area contributed by atoms with E-state index in [0.717, 1.165) is 5.56 Å². The molecule has 176 valence electrons. The molecule has 0 saturated carbocycles. The Bertz CT molecular complexity index is 1110. The maximum Gasteiger partial charge on any atom is 0.381 e. The lowest BCUT2D eigenvalue weighted by Gasteiger charge is -2.34. The van der Waals surface area contributed by atoms with Crippen molar-refractivity contribution < 1.29 is 43.3 Å². The average Bonchev–Trinajstić information content (AvgIpc) is 2.75. The van der Waals surface area contributed by atoms with Crippen LogP contribution in [0.5, 0.6) is 23.0 Å². The van der Waals surface area contributed by atoms with Gasteiger partial charge in [-0.15, -0.1) is 0 Å². The largest absolute Gasteiger partial charge is 0.508 e. The van der Waals surface area contributed by atoms with Crippen molar-refractivity contribution in [1.29, 1.82) is 0 Å². The molecule has 3 rings (SSSR count). The number of phenols is 1. The molecule has 0 aromatic heterocycles. The van der Waals surface area contributed by atoms with Crippen molar-refractivity contribution in [2.45, 2.75) is 24.3 Å². The van der Waals surface area contributed by atoms with Crippen molar-refractivity contribution in [3.63, 3.8) is 0 Å². The summed E-state index contributed by atoms with van der Waals surface area (Å²) in [6.45, 7) is 0. The van der Waals surface area contributed by atoms with Gasteiger partial charge in [-0.25, -0.2) is 0 Å². The minimum absolute atomic E-state index is 0.0210. The van der Waals surface area contributed by atoms with Crippen LogP contribution in [-0.2, 0) is 15.6 Å².